The van der Waals surface area contributed by atoms with E-state index in [9.17, 15) is 0 Å². The second-order valence-electron chi connectivity index (χ2n) is 5.09. The Morgan fingerprint density at radius 3 is 1.67 bits per heavy atom. The maximum absolute atomic E-state index is 2.54. The first-order valence-corrected chi connectivity index (χ1v) is 5.91. The summed E-state index contributed by atoms with van der Waals surface area (Å²) >= 11 is 0. The summed E-state index contributed by atoms with van der Waals surface area (Å²) < 4.78 is 0. The Morgan fingerprint density at radius 1 is 0.933 bits per heavy atom. The van der Waals surface area contributed by atoms with Crippen molar-refractivity contribution in [3.63, 3.8) is 0 Å². The molecule has 0 amide bonds. The Bertz CT molecular complexity index is 303. The van der Waals surface area contributed by atoms with Gasteiger partial charge in [-0.3, -0.25) is 0 Å². The molecule has 0 radical (unpaired) electrons. The smallest absolute Gasteiger partial charge is 0.0189 e. The molecule has 0 aliphatic rings. The van der Waals surface area contributed by atoms with Gasteiger partial charge in [0.25, 0.3) is 0 Å². The highest BCUT2D eigenvalue weighted by atomic mass is 15.1. The Balaban J connectivity index is 3.11. The van der Waals surface area contributed by atoms with Gasteiger partial charge in [0, 0.05) is 0 Å². The van der Waals surface area contributed by atoms with Crippen molar-refractivity contribution < 1.29 is 0 Å². The van der Waals surface area contributed by atoms with Crippen LogP contribution in [0.25, 0.3) is 0 Å². The number of rotatable bonds is 3. The molecule has 1 aromatic heterocycles. The van der Waals surface area contributed by atoms with Crippen LogP contribution in [0.15, 0.2) is 18.0 Å². The summed E-state index contributed by atoms with van der Waals surface area (Å²) in [6.45, 7) is 13.9. The molecule has 0 aliphatic carbocycles. The van der Waals surface area contributed by atoms with Crippen LogP contribution in [0.5, 0.6) is 0 Å². The molecule has 0 aliphatic heterocycles. The van der Waals surface area contributed by atoms with Crippen molar-refractivity contribution in [3.05, 3.63) is 29.1 Å². The SMILES string of the molecule is Cc1c[b-](N(C(C)C)C(C)C)cc(C)c1. The lowest BCUT2D eigenvalue weighted by molar-refractivity contribution is 0.640. The molecule has 0 spiro atoms. The van der Waals surface area contributed by atoms with Gasteiger partial charge >= 0.3 is 0 Å². The molecule has 1 aromatic rings. The molecule has 0 N–H and O–H groups in total. The van der Waals surface area contributed by atoms with Crippen molar-refractivity contribution in [3.8, 4) is 0 Å². The first-order valence-electron chi connectivity index (χ1n) is 5.91. The van der Waals surface area contributed by atoms with Gasteiger partial charge in [-0.05, 0) is 60.1 Å². The largest absolute Gasteiger partial charge is 0.579 e. The van der Waals surface area contributed by atoms with Gasteiger partial charge in [0.2, 0.25) is 0 Å². The van der Waals surface area contributed by atoms with E-state index < -0.39 is 0 Å². The molecule has 0 atom stereocenters. The molecule has 1 heterocycles. The molecule has 0 aromatic carbocycles. The van der Waals surface area contributed by atoms with Crippen LogP contribution in [0.2, 0.25) is 0 Å². The van der Waals surface area contributed by atoms with E-state index in [1.165, 1.54) is 11.1 Å². The van der Waals surface area contributed by atoms with Crippen molar-refractivity contribution in [1.82, 2.24) is 0 Å². The third kappa shape index (κ3) is 3.08. The van der Waals surface area contributed by atoms with Crippen LogP contribution in [-0.2, 0) is 0 Å². The fourth-order valence-electron chi connectivity index (χ4n) is 2.50. The highest BCUT2D eigenvalue weighted by Crippen LogP contribution is 2.08. The van der Waals surface area contributed by atoms with Crippen LogP contribution in [0, 0.1) is 13.8 Å². The highest BCUT2D eigenvalue weighted by molar-refractivity contribution is 6.54. The number of nitrogens with zero attached hydrogens (tertiary/aromatic N) is 1. The molecule has 15 heavy (non-hydrogen) atoms. The Labute approximate surface area is 94.6 Å². The summed E-state index contributed by atoms with van der Waals surface area (Å²) in [5.41, 5.74) is 2.76. The average molecular weight is 204 g/mol. The molecule has 0 unspecified atom stereocenters. The predicted molar refractivity (Wildman–Crippen MR) is 70.4 cm³/mol. The van der Waals surface area contributed by atoms with Crippen molar-refractivity contribution >= 4 is 6.48 Å². The average Bonchev–Trinajstić information content (AvgIpc) is 1.99. The second kappa shape index (κ2) is 4.83. The third-order valence-electron chi connectivity index (χ3n) is 2.86. The molecular formula is C13H23BN-. The zero-order chi connectivity index (χ0) is 11.6. The van der Waals surface area contributed by atoms with Crippen LogP contribution < -0.4 is 4.81 Å². The predicted octanol–water partition coefficient (Wildman–Crippen LogP) is 3.08. The van der Waals surface area contributed by atoms with Crippen molar-refractivity contribution in [2.75, 3.05) is 4.81 Å². The van der Waals surface area contributed by atoms with E-state index >= 15 is 0 Å². The summed E-state index contributed by atoms with van der Waals surface area (Å²) in [5.74, 6) is 4.71. The Morgan fingerprint density at radius 2 is 1.33 bits per heavy atom. The zero-order valence-electron chi connectivity index (χ0n) is 10.9. The quantitative estimate of drug-likeness (QED) is 0.731. The second-order valence-corrected chi connectivity index (χ2v) is 5.09. The minimum Gasteiger partial charge on any atom is -0.579 e. The minimum absolute atomic E-state index is 0.468. The Kier molecular flexibility index (Phi) is 3.95. The zero-order valence-corrected chi connectivity index (χ0v) is 10.9. The summed E-state index contributed by atoms with van der Waals surface area (Å²) in [6, 6.07) is 3.41. The van der Waals surface area contributed by atoms with Crippen LogP contribution in [0.3, 0.4) is 0 Å². The highest BCUT2D eigenvalue weighted by Gasteiger charge is 2.05. The van der Waals surface area contributed by atoms with Gasteiger partial charge in [-0.25, -0.2) is 11.9 Å². The summed E-state index contributed by atoms with van der Waals surface area (Å²) in [6.07, 6.45) is 0. The van der Waals surface area contributed by atoms with E-state index in [0.717, 1.165) is 0 Å². The van der Waals surface area contributed by atoms with Crippen LogP contribution >= 0.6 is 0 Å². The number of aryl methyl sites for hydroxylation is 2. The molecule has 0 saturated carbocycles. The molecule has 0 fully saturated rings. The lowest BCUT2D eigenvalue weighted by Crippen LogP contribution is -2.46. The molecule has 1 rings (SSSR count). The van der Waals surface area contributed by atoms with Gasteiger partial charge in [-0.15, -0.1) is 0 Å². The maximum atomic E-state index is 2.54. The van der Waals surface area contributed by atoms with E-state index in [1.54, 1.807) is 0 Å². The third-order valence-corrected chi connectivity index (χ3v) is 2.86. The van der Waals surface area contributed by atoms with Gasteiger partial charge in [-0.1, -0.05) is 17.2 Å². The normalized spacial score (nSPS) is 11.2. The monoisotopic (exact) mass is 204 g/mol. The Hall–Kier alpha value is -0.785. The molecule has 1 nitrogen and oxygen atoms in total. The lowest BCUT2D eigenvalue weighted by Gasteiger charge is -2.44. The number of hydrogen-bond donors (Lipinski definition) is 0. The molecule has 84 valence electrons. The summed E-state index contributed by atoms with van der Waals surface area (Å²) in [7, 11) is 0. The van der Waals surface area contributed by atoms with Crippen molar-refractivity contribution in [2.24, 2.45) is 0 Å². The van der Waals surface area contributed by atoms with Gasteiger partial charge in [0.15, 0.2) is 0 Å². The fraction of sp³-hybridized carbons (Fsp3) is 0.615. The van der Waals surface area contributed by atoms with E-state index in [0.29, 0.717) is 18.6 Å². The van der Waals surface area contributed by atoms with E-state index in [1.807, 2.05) is 0 Å². The lowest BCUT2D eigenvalue weighted by atomic mass is 9.72. The maximum Gasteiger partial charge on any atom is -0.0189 e. The molecule has 0 saturated heterocycles. The topological polar surface area (TPSA) is 3.24 Å². The van der Waals surface area contributed by atoms with E-state index in [-0.39, 0.29) is 0 Å². The van der Waals surface area contributed by atoms with Gasteiger partial charge in [0.05, 0.1) is 0 Å². The summed E-state index contributed by atoms with van der Waals surface area (Å²) in [4.78, 5) is 2.54. The van der Waals surface area contributed by atoms with Gasteiger partial charge < -0.3 is 4.81 Å². The van der Waals surface area contributed by atoms with Gasteiger partial charge in [-0.2, -0.15) is 0 Å². The van der Waals surface area contributed by atoms with E-state index in [2.05, 4.69) is 64.3 Å². The first kappa shape index (κ1) is 12.3. The van der Waals surface area contributed by atoms with Gasteiger partial charge in [0.1, 0.15) is 0 Å². The molecular weight excluding hydrogens is 181 g/mol. The fourth-order valence-corrected chi connectivity index (χ4v) is 2.50. The number of hydrogen-bond acceptors (Lipinski definition) is 1. The van der Waals surface area contributed by atoms with Crippen LogP contribution in [0.1, 0.15) is 38.8 Å². The minimum atomic E-state index is 0.468. The molecule has 2 heteroatoms. The van der Waals surface area contributed by atoms with E-state index in [4.69, 9.17) is 0 Å². The van der Waals surface area contributed by atoms with Crippen molar-refractivity contribution in [1.29, 1.82) is 0 Å². The summed E-state index contributed by atoms with van der Waals surface area (Å²) in [5, 5.41) is 0. The van der Waals surface area contributed by atoms with Crippen LogP contribution in [0.4, 0.5) is 0 Å². The molecule has 0 bridgehead atoms. The standard InChI is InChI=1S/C13H23BN/c1-10(2)15(11(3)4)14-8-12(5)7-13(6)9-14/h7-11H,1-6H3/q-1. The van der Waals surface area contributed by atoms with Crippen molar-refractivity contribution in [2.45, 2.75) is 53.6 Å². The first-order chi connectivity index (χ1) is 6.91. The van der Waals surface area contributed by atoms with Crippen LogP contribution in [-0.4, -0.2) is 18.6 Å².